The van der Waals surface area contributed by atoms with Crippen molar-refractivity contribution in [3.05, 3.63) is 35.9 Å². The fraction of sp³-hybridized carbons (Fsp3) is 0.500. The van der Waals surface area contributed by atoms with Gasteiger partial charge in [0.25, 0.3) is 0 Å². The molecule has 0 aliphatic carbocycles. The number of ether oxygens (including phenoxy) is 1. The van der Waals surface area contributed by atoms with Crippen molar-refractivity contribution in [3.63, 3.8) is 0 Å². The molecule has 0 saturated heterocycles. The molecule has 1 aromatic rings. The number of carbonyl (C=O) groups is 1. The maximum absolute atomic E-state index is 11.3. The summed E-state index contributed by atoms with van der Waals surface area (Å²) in [7, 11) is 1.62. The molecule has 0 bridgehead atoms. The Morgan fingerprint density at radius 1 is 1.12 bits per heavy atom. The predicted molar refractivity (Wildman–Crippen MR) is 67.6 cm³/mol. The number of benzene rings is 1. The number of aryl methyl sites for hydroxylation is 1. The van der Waals surface area contributed by atoms with E-state index in [1.807, 2.05) is 44.2 Å². The lowest BCUT2D eigenvalue weighted by molar-refractivity contribution is -0.119. The van der Waals surface area contributed by atoms with E-state index in [2.05, 4.69) is 0 Å². The van der Waals surface area contributed by atoms with Gasteiger partial charge in [-0.1, -0.05) is 44.2 Å². The average molecular weight is 222 g/mol. The molecule has 16 heavy (non-hydrogen) atoms. The third kappa shape index (κ3) is 7.18. The van der Waals surface area contributed by atoms with E-state index in [-0.39, 0.29) is 5.78 Å². The molecule has 2 nitrogen and oxygen atoms in total. The van der Waals surface area contributed by atoms with Crippen LogP contribution in [0.3, 0.4) is 0 Å². The molecule has 1 aromatic carbocycles. The van der Waals surface area contributed by atoms with Gasteiger partial charge in [-0.2, -0.15) is 0 Å². The third-order valence-electron chi connectivity index (χ3n) is 2.12. The summed E-state index contributed by atoms with van der Waals surface area (Å²) in [5.41, 5.74) is 1.22. The number of methoxy groups -OCH3 is 1. The van der Waals surface area contributed by atoms with Crippen molar-refractivity contribution in [1.82, 2.24) is 0 Å². The predicted octanol–water partition coefficient (Wildman–Crippen LogP) is 3.25. The highest BCUT2D eigenvalue weighted by Crippen LogP contribution is 2.03. The zero-order valence-electron chi connectivity index (χ0n) is 10.5. The zero-order valence-corrected chi connectivity index (χ0v) is 10.5. The molecule has 0 radical (unpaired) electrons. The lowest BCUT2D eigenvalue weighted by atomic mass is 10.1. The Labute approximate surface area is 98.6 Å². The molecule has 0 aliphatic heterocycles. The molecule has 0 aromatic heterocycles. The number of hydrogen-bond donors (Lipinski definition) is 0. The molecule has 90 valence electrons. The average Bonchev–Trinajstić information content (AvgIpc) is 2.37. The Bertz CT molecular complexity index is 267. The van der Waals surface area contributed by atoms with E-state index in [4.69, 9.17) is 4.74 Å². The molecule has 0 atom stereocenters. The Balaban J connectivity index is 0.00000106. The summed E-state index contributed by atoms with van der Waals surface area (Å²) in [6.07, 6.45) is 1.99. The van der Waals surface area contributed by atoms with E-state index < -0.39 is 0 Å². The topological polar surface area (TPSA) is 26.3 Å². The minimum absolute atomic E-state index is 0.274. The van der Waals surface area contributed by atoms with Crippen LogP contribution in [-0.4, -0.2) is 19.5 Å². The number of ketones is 1. The van der Waals surface area contributed by atoms with Crippen LogP contribution in [0.5, 0.6) is 0 Å². The first-order chi connectivity index (χ1) is 7.83. The summed E-state index contributed by atoms with van der Waals surface area (Å²) in [5.74, 6) is 0.274. The van der Waals surface area contributed by atoms with E-state index in [1.54, 1.807) is 7.11 Å². The Hall–Kier alpha value is -1.15. The second kappa shape index (κ2) is 10.4. The van der Waals surface area contributed by atoms with Crippen molar-refractivity contribution in [1.29, 1.82) is 0 Å². The summed E-state index contributed by atoms with van der Waals surface area (Å²) >= 11 is 0. The first kappa shape index (κ1) is 14.8. The minimum Gasteiger partial charge on any atom is -0.384 e. The molecule has 0 N–H and O–H groups in total. The smallest absolute Gasteiger partial charge is 0.135 e. The maximum atomic E-state index is 11.3. The van der Waals surface area contributed by atoms with E-state index in [9.17, 15) is 4.79 Å². The van der Waals surface area contributed by atoms with Gasteiger partial charge in [0.2, 0.25) is 0 Å². The summed E-state index contributed by atoms with van der Waals surface area (Å²) in [6.45, 7) is 4.54. The van der Waals surface area contributed by atoms with Crippen LogP contribution in [0, 0.1) is 0 Å². The highest BCUT2D eigenvalue weighted by atomic mass is 16.5. The van der Waals surface area contributed by atoms with Crippen molar-refractivity contribution in [3.8, 4) is 0 Å². The first-order valence-corrected chi connectivity index (χ1v) is 5.87. The Morgan fingerprint density at radius 2 is 1.75 bits per heavy atom. The maximum Gasteiger partial charge on any atom is 0.135 e. The van der Waals surface area contributed by atoms with Crippen LogP contribution < -0.4 is 0 Å². The van der Waals surface area contributed by atoms with Crippen molar-refractivity contribution >= 4 is 5.78 Å². The van der Waals surface area contributed by atoms with Crippen LogP contribution >= 0.6 is 0 Å². The van der Waals surface area contributed by atoms with Gasteiger partial charge in [0.05, 0.1) is 6.61 Å². The second-order valence-corrected chi connectivity index (χ2v) is 3.27. The van der Waals surface area contributed by atoms with Gasteiger partial charge in [0.15, 0.2) is 0 Å². The van der Waals surface area contributed by atoms with Crippen LogP contribution in [0.1, 0.15) is 32.3 Å². The summed E-state index contributed by atoms with van der Waals surface area (Å²) < 4.78 is 4.84. The standard InChI is InChI=1S/C12H16O2.C2H6/c1-14-10-9-12(13)8-7-11-5-3-2-4-6-11;1-2/h2-6H,7-10H2,1H3;1-2H3. The first-order valence-electron chi connectivity index (χ1n) is 5.87. The molecule has 0 unspecified atom stereocenters. The van der Waals surface area contributed by atoms with Gasteiger partial charge in [-0.25, -0.2) is 0 Å². The van der Waals surface area contributed by atoms with E-state index in [1.165, 1.54) is 5.56 Å². The minimum atomic E-state index is 0.274. The van der Waals surface area contributed by atoms with E-state index >= 15 is 0 Å². The van der Waals surface area contributed by atoms with Gasteiger partial charge in [0.1, 0.15) is 5.78 Å². The van der Waals surface area contributed by atoms with Crippen LogP contribution in [0.15, 0.2) is 30.3 Å². The largest absolute Gasteiger partial charge is 0.384 e. The Kier molecular flexibility index (Phi) is 9.63. The summed E-state index contributed by atoms with van der Waals surface area (Å²) in [5, 5.41) is 0. The fourth-order valence-electron chi connectivity index (χ4n) is 1.27. The molecule has 0 spiro atoms. The van der Waals surface area contributed by atoms with Crippen molar-refractivity contribution in [2.75, 3.05) is 13.7 Å². The van der Waals surface area contributed by atoms with Gasteiger partial charge in [0, 0.05) is 20.0 Å². The molecule has 0 fully saturated rings. The van der Waals surface area contributed by atoms with Gasteiger partial charge >= 0.3 is 0 Å². The normalized spacial score (nSPS) is 9.19. The number of Topliss-reactive ketones (excluding diaryl/α,β-unsaturated/α-hetero) is 1. The zero-order chi connectivity index (χ0) is 12.2. The van der Waals surface area contributed by atoms with E-state index in [0.29, 0.717) is 19.4 Å². The molecule has 0 saturated carbocycles. The van der Waals surface area contributed by atoms with E-state index in [0.717, 1.165) is 6.42 Å². The van der Waals surface area contributed by atoms with Crippen molar-refractivity contribution in [2.24, 2.45) is 0 Å². The molecule has 0 amide bonds. The van der Waals surface area contributed by atoms with Gasteiger partial charge < -0.3 is 4.74 Å². The molecule has 2 heteroatoms. The molecule has 0 heterocycles. The van der Waals surface area contributed by atoms with Crippen LogP contribution in [-0.2, 0) is 16.0 Å². The highest BCUT2D eigenvalue weighted by Gasteiger charge is 2.01. The number of hydrogen-bond acceptors (Lipinski definition) is 2. The second-order valence-electron chi connectivity index (χ2n) is 3.27. The third-order valence-corrected chi connectivity index (χ3v) is 2.12. The molecule has 1 rings (SSSR count). The lowest BCUT2D eigenvalue weighted by Gasteiger charge is -2.00. The van der Waals surface area contributed by atoms with Gasteiger partial charge in [-0.3, -0.25) is 4.79 Å². The van der Waals surface area contributed by atoms with Crippen LogP contribution in [0.25, 0.3) is 0 Å². The monoisotopic (exact) mass is 222 g/mol. The molecular weight excluding hydrogens is 200 g/mol. The lowest BCUT2D eigenvalue weighted by Crippen LogP contribution is -2.03. The summed E-state index contributed by atoms with van der Waals surface area (Å²) in [4.78, 5) is 11.3. The van der Waals surface area contributed by atoms with Gasteiger partial charge in [-0.15, -0.1) is 0 Å². The fourth-order valence-corrected chi connectivity index (χ4v) is 1.27. The molecular formula is C14H22O2. The Morgan fingerprint density at radius 3 is 2.31 bits per heavy atom. The van der Waals surface area contributed by atoms with Crippen molar-refractivity contribution < 1.29 is 9.53 Å². The van der Waals surface area contributed by atoms with Crippen LogP contribution in [0.2, 0.25) is 0 Å². The quantitative estimate of drug-likeness (QED) is 0.738. The van der Waals surface area contributed by atoms with Crippen LogP contribution in [0.4, 0.5) is 0 Å². The number of carbonyl (C=O) groups excluding carboxylic acids is 1. The molecule has 0 aliphatic rings. The van der Waals surface area contributed by atoms with Crippen molar-refractivity contribution in [2.45, 2.75) is 33.1 Å². The SMILES string of the molecule is CC.COCCC(=O)CCc1ccccc1. The highest BCUT2D eigenvalue weighted by molar-refractivity contribution is 5.78. The number of rotatable bonds is 6. The van der Waals surface area contributed by atoms with Gasteiger partial charge in [-0.05, 0) is 12.0 Å². The summed E-state index contributed by atoms with van der Waals surface area (Å²) in [6, 6.07) is 10.1.